The smallest absolute Gasteiger partial charge is 0.169 e. The first-order chi connectivity index (χ1) is 12.7. The first kappa shape index (κ1) is 19.5. The van der Waals surface area contributed by atoms with Crippen molar-refractivity contribution in [3.05, 3.63) is 63.1 Å². The topological polar surface area (TPSA) is 65.0 Å². The molecule has 7 heteroatoms. The molecule has 3 aromatic rings. The first-order valence-corrected chi connectivity index (χ1v) is 9.65. The Morgan fingerprint density at radius 2 is 1.85 bits per heavy atom. The molecule has 1 aromatic carbocycles. The van der Waals surface area contributed by atoms with E-state index in [-0.39, 0.29) is 17.6 Å². The fraction of sp³-hybridized carbons (Fsp3) is 0.300. The van der Waals surface area contributed by atoms with Gasteiger partial charge in [0.15, 0.2) is 11.5 Å². The molecule has 0 saturated heterocycles. The number of benzene rings is 1. The number of aryl methyl sites for hydroxylation is 1. The van der Waals surface area contributed by atoms with Gasteiger partial charge in [-0.1, -0.05) is 32.4 Å². The van der Waals surface area contributed by atoms with E-state index in [0.29, 0.717) is 22.1 Å². The van der Waals surface area contributed by atoms with Crippen molar-refractivity contribution in [1.82, 2.24) is 15.0 Å². The van der Waals surface area contributed by atoms with Gasteiger partial charge in [-0.15, -0.1) is 11.3 Å². The van der Waals surface area contributed by atoms with Crippen LogP contribution in [-0.2, 0) is 11.8 Å². The summed E-state index contributed by atoms with van der Waals surface area (Å²) in [5.74, 6) is 0.885. The highest BCUT2D eigenvalue weighted by atomic mass is 35.5. The van der Waals surface area contributed by atoms with Crippen molar-refractivity contribution in [2.75, 3.05) is 0 Å². The third-order valence-electron chi connectivity index (χ3n) is 3.80. The molecule has 5 nitrogen and oxygen atoms in total. The lowest BCUT2D eigenvalue weighted by Crippen LogP contribution is -2.10. The van der Waals surface area contributed by atoms with E-state index in [0.717, 1.165) is 10.7 Å². The summed E-state index contributed by atoms with van der Waals surface area (Å²) in [5, 5.41) is 1.24. The number of thiazole rings is 1. The second kappa shape index (κ2) is 7.74. The predicted octanol–water partition coefficient (Wildman–Crippen LogP) is 5.41. The summed E-state index contributed by atoms with van der Waals surface area (Å²) >= 11 is 7.76. The molecule has 2 heterocycles. The molecule has 27 heavy (non-hydrogen) atoms. The minimum atomic E-state index is -0.0547. The van der Waals surface area contributed by atoms with Crippen LogP contribution in [0.15, 0.2) is 36.9 Å². The summed E-state index contributed by atoms with van der Waals surface area (Å²) in [6, 6.07) is 4.96. The average molecular weight is 402 g/mol. The molecule has 0 radical (unpaired) electrons. The van der Waals surface area contributed by atoms with Crippen LogP contribution in [0.4, 0.5) is 0 Å². The van der Waals surface area contributed by atoms with Crippen molar-refractivity contribution in [3.8, 4) is 11.5 Å². The number of halogens is 1. The third kappa shape index (κ3) is 4.90. The Balaban J connectivity index is 1.81. The summed E-state index contributed by atoms with van der Waals surface area (Å²) < 4.78 is 5.69. The van der Waals surface area contributed by atoms with Gasteiger partial charge in [0.2, 0.25) is 0 Å². The zero-order valence-corrected chi connectivity index (χ0v) is 17.2. The highest BCUT2D eigenvalue weighted by molar-refractivity contribution is 7.12. The zero-order chi connectivity index (χ0) is 19.6. The molecule has 0 aliphatic heterocycles. The molecule has 140 valence electrons. The van der Waals surface area contributed by atoms with Gasteiger partial charge in [0.25, 0.3) is 0 Å². The van der Waals surface area contributed by atoms with Crippen LogP contribution in [0.5, 0.6) is 11.5 Å². The highest BCUT2D eigenvalue weighted by Crippen LogP contribution is 2.32. The Labute approximate surface area is 167 Å². The van der Waals surface area contributed by atoms with E-state index in [4.69, 9.17) is 16.3 Å². The standard InChI is InChI=1S/C20H20ClN3O2S/c1-12-19(20(2,3)4)27-18(24-12)8-17(25)13-5-14(21)7-15(6-13)26-16-9-22-11-23-10-16/h5-7,9-11H,8H2,1-4H3. The van der Waals surface area contributed by atoms with Gasteiger partial charge in [-0.3, -0.25) is 4.79 Å². The molecule has 0 fully saturated rings. The fourth-order valence-electron chi connectivity index (χ4n) is 2.72. The Hall–Kier alpha value is -2.31. The van der Waals surface area contributed by atoms with Gasteiger partial charge < -0.3 is 4.74 Å². The molecule has 2 aromatic heterocycles. The molecule has 3 rings (SSSR count). The number of carbonyl (C=O) groups excluding carboxylic acids is 1. The minimum absolute atomic E-state index is 0.0118. The second-order valence-electron chi connectivity index (χ2n) is 7.22. The molecule has 0 aliphatic carbocycles. The molecule has 0 aliphatic rings. The van der Waals surface area contributed by atoms with E-state index in [1.807, 2.05) is 6.92 Å². The number of hydrogen-bond donors (Lipinski definition) is 0. The van der Waals surface area contributed by atoms with Crippen LogP contribution in [-0.4, -0.2) is 20.7 Å². The summed E-state index contributed by atoms with van der Waals surface area (Å²) in [6.45, 7) is 8.42. The maximum Gasteiger partial charge on any atom is 0.169 e. The molecular formula is C20H20ClN3O2S. The minimum Gasteiger partial charge on any atom is -0.454 e. The monoisotopic (exact) mass is 401 g/mol. The quantitative estimate of drug-likeness (QED) is 0.535. The lowest BCUT2D eigenvalue weighted by atomic mass is 9.93. The summed E-state index contributed by atoms with van der Waals surface area (Å²) in [7, 11) is 0. The van der Waals surface area contributed by atoms with Crippen LogP contribution >= 0.6 is 22.9 Å². The van der Waals surface area contributed by atoms with E-state index in [9.17, 15) is 4.79 Å². The van der Waals surface area contributed by atoms with Gasteiger partial charge in [-0.25, -0.2) is 15.0 Å². The Morgan fingerprint density at radius 3 is 2.48 bits per heavy atom. The van der Waals surface area contributed by atoms with Crippen molar-refractivity contribution in [2.24, 2.45) is 0 Å². The summed E-state index contributed by atoms with van der Waals surface area (Å²) in [4.78, 5) is 26.3. The molecule has 0 amide bonds. The van der Waals surface area contributed by atoms with E-state index >= 15 is 0 Å². The SMILES string of the molecule is Cc1nc(CC(=O)c2cc(Cl)cc(Oc3cncnc3)c2)sc1C(C)(C)C. The second-order valence-corrected chi connectivity index (χ2v) is 8.74. The van der Waals surface area contributed by atoms with Gasteiger partial charge in [-0.2, -0.15) is 0 Å². The zero-order valence-electron chi connectivity index (χ0n) is 15.6. The number of aromatic nitrogens is 3. The van der Waals surface area contributed by atoms with Crippen LogP contribution in [0.3, 0.4) is 0 Å². The maximum atomic E-state index is 12.8. The normalized spacial score (nSPS) is 11.4. The molecule has 0 spiro atoms. The number of nitrogens with zero attached hydrogens (tertiary/aromatic N) is 3. The van der Waals surface area contributed by atoms with Gasteiger partial charge in [0, 0.05) is 15.5 Å². The van der Waals surface area contributed by atoms with Crippen LogP contribution in [0.25, 0.3) is 0 Å². The Bertz CT molecular complexity index is 965. The van der Waals surface area contributed by atoms with E-state index < -0.39 is 0 Å². The number of carbonyl (C=O) groups is 1. The number of hydrogen-bond acceptors (Lipinski definition) is 6. The molecule has 0 atom stereocenters. The number of ether oxygens (including phenoxy) is 1. The lowest BCUT2D eigenvalue weighted by molar-refractivity contribution is 0.0992. The van der Waals surface area contributed by atoms with E-state index in [1.54, 1.807) is 41.9 Å². The molecular weight excluding hydrogens is 382 g/mol. The van der Waals surface area contributed by atoms with Crippen molar-refractivity contribution in [1.29, 1.82) is 0 Å². The first-order valence-electron chi connectivity index (χ1n) is 8.46. The fourth-order valence-corrected chi connectivity index (χ4v) is 4.07. The largest absolute Gasteiger partial charge is 0.454 e. The Kier molecular flexibility index (Phi) is 5.58. The van der Waals surface area contributed by atoms with Gasteiger partial charge >= 0.3 is 0 Å². The Morgan fingerprint density at radius 1 is 1.15 bits per heavy atom. The molecule has 0 unspecified atom stereocenters. The van der Waals surface area contributed by atoms with Crippen LogP contribution in [0, 0.1) is 6.92 Å². The van der Waals surface area contributed by atoms with Gasteiger partial charge in [-0.05, 0) is 30.5 Å². The highest BCUT2D eigenvalue weighted by Gasteiger charge is 2.22. The van der Waals surface area contributed by atoms with Crippen LogP contribution in [0.1, 0.15) is 46.7 Å². The summed E-state index contributed by atoms with van der Waals surface area (Å²) in [6.07, 6.45) is 4.74. The van der Waals surface area contributed by atoms with Crippen LogP contribution < -0.4 is 4.74 Å². The third-order valence-corrected chi connectivity index (χ3v) is 5.60. The van der Waals surface area contributed by atoms with Crippen molar-refractivity contribution in [2.45, 2.75) is 39.5 Å². The van der Waals surface area contributed by atoms with E-state index in [2.05, 4.69) is 35.7 Å². The number of Topliss-reactive ketones (excluding diaryl/α,β-unsaturated/α-hetero) is 1. The van der Waals surface area contributed by atoms with Crippen molar-refractivity contribution >= 4 is 28.7 Å². The van der Waals surface area contributed by atoms with Crippen molar-refractivity contribution < 1.29 is 9.53 Å². The summed E-state index contributed by atoms with van der Waals surface area (Å²) in [5.41, 5.74) is 1.48. The molecule has 0 saturated carbocycles. The molecule has 0 N–H and O–H groups in total. The number of rotatable bonds is 5. The van der Waals surface area contributed by atoms with Gasteiger partial charge in [0.1, 0.15) is 17.1 Å². The maximum absolute atomic E-state index is 12.8. The average Bonchev–Trinajstić information content (AvgIpc) is 2.96. The lowest BCUT2D eigenvalue weighted by Gasteiger charge is -2.16. The number of ketones is 1. The van der Waals surface area contributed by atoms with E-state index in [1.165, 1.54) is 11.2 Å². The van der Waals surface area contributed by atoms with Gasteiger partial charge in [0.05, 0.1) is 24.5 Å². The van der Waals surface area contributed by atoms with Crippen LogP contribution in [0.2, 0.25) is 5.02 Å². The molecule has 0 bridgehead atoms. The predicted molar refractivity (Wildman–Crippen MR) is 107 cm³/mol. The van der Waals surface area contributed by atoms with Crippen molar-refractivity contribution in [3.63, 3.8) is 0 Å².